The van der Waals surface area contributed by atoms with Crippen LogP contribution < -0.4 is 10.6 Å². The number of guanidine groups is 1. The molecule has 1 saturated carbocycles. The van der Waals surface area contributed by atoms with Crippen LogP contribution in [0.25, 0.3) is 0 Å². The zero-order chi connectivity index (χ0) is 16.3. The van der Waals surface area contributed by atoms with Crippen molar-refractivity contribution in [1.29, 1.82) is 0 Å². The number of rotatable bonds is 7. The molecule has 1 aliphatic carbocycles. The number of carbonyl (C=O) groups excluding carboxylic acids is 1. The van der Waals surface area contributed by atoms with Crippen molar-refractivity contribution in [2.75, 3.05) is 32.7 Å². The molecule has 0 spiro atoms. The minimum atomic E-state index is 0.155. The molecule has 0 radical (unpaired) electrons. The second kappa shape index (κ2) is 10.5. The van der Waals surface area contributed by atoms with Crippen molar-refractivity contribution in [1.82, 2.24) is 15.5 Å². The summed E-state index contributed by atoms with van der Waals surface area (Å²) in [5, 5.41) is 6.61. The third-order valence-corrected chi connectivity index (χ3v) is 4.98. The van der Waals surface area contributed by atoms with E-state index in [0.717, 1.165) is 50.9 Å². The predicted molar refractivity (Wildman–Crippen MR) is 95.6 cm³/mol. The van der Waals surface area contributed by atoms with Crippen molar-refractivity contribution in [2.24, 2.45) is 10.9 Å². The van der Waals surface area contributed by atoms with E-state index in [9.17, 15) is 4.79 Å². The average molecular weight is 322 g/mol. The van der Waals surface area contributed by atoms with E-state index in [1.807, 2.05) is 4.90 Å². The van der Waals surface area contributed by atoms with Gasteiger partial charge in [-0.1, -0.05) is 32.1 Å². The molecule has 0 aromatic carbocycles. The van der Waals surface area contributed by atoms with Gasteiger partial charge < -0.3 is 15.5 Å². The summed E-state index contributed by atoms with van der Waals surface area (Å²) >= 11 is 0. The van der Waals surface area contributed by atoms with Gasteiger partial charge in [0.05, 0.1) is 0 Å². The molecule has 1 aliphatic heterocycles. The molecule has 5 heteroatoms. The highest BCUT2D eigenvalue weighted by atomic mass is 16.2. The zero-order valence-corrected chi connectivity index (χ0v) is 14.8. The maximum absolute atomic E-state index is 12.1. The van der Waals surface area contributed by atoms with E-state index in [0.29, 0.717) is 0 Å². The summed E-state index contributed by atoms with van der Waals surface area (Å²) in [6.07, 6.45) is 11.9. The van der Waals surface area contributed by atoms with Crippen LogP contribution in [0.3, 0.4) is 0 Å². The molecule has 2 aliphatic rings. The molecule has 0 unspecified atom stereocenters. The third kappa shape index (κ3) is 6.80. The molecule has 0 bridgehead atoms. The van der Waals surface area contributed by atoms with Gasteiger partial charge in [-0.2, -0.15) is 0 Å². The molecule has 0 aromatic rings. The molecule has 2 fully saturated rings. The molecule has 2 N–H and O–H groups in total. The number of carbonyl (C=O) groups is 1. The van der Waals surface area contributed by atoms with E-state index < -0.39 is 0 Å². The number of likely N-dealkylation sites (tertiary alicyclic amines) is 1. The molecule has 0 atom stereocenters. The molecule has 23 heavy (non-hydrogen) atoms. The Balaban J connectivity index is 1.65. The van der Waals surface area contributed by atoms with E-state index in [1.165, 1.54) is 44.9 Å². The molecule has 5 nitrogen and oxygen atoms in total. The van der Waals surface area contributed by atoms with Crippen molar-refractivity contribution in [2.45, 2.75) is 64.7 Å². The fourth-order valence-corrected chi connectivity index (χ4v) is 3.63. The number of aliphatic imine (C=N–C) groups is 1. The predicted octanol–water partition coefficient (Wildman–Crippen LogP) is 2.52. The van der Waals surface area contributed by atoms with Crippen LogP contribution in [0.2, 0.25) is 0 Å². The molecule has 0 aromatic heterocycles. The Kier molecular flexibility index (Phi) is 8.26. The summed E-state index contributed by atoms with van der Waals surface area (Å²) in [6.45, 7) is 5.89. The van der Waals surface area contributed by atoms with Crippen LogP contribution >= 0.6 is 0 Å². The Morgan fingerprint density at radius 1 is 1.09 bits per heavy atom. The Hall–Kier alpha value is -1.26. The lowest BCUT2D eigenvalue weighted by atomic mass is 9.86. The van der Waals surface area contributed by atoms with Gasteiger partial charge in [-0.05, 0) is 38.5 Å². The third-order valence-electron chi connectivity index (χ3n) is 4.98. The van der Waals surface area contributed by atoms with Crippen LogP contribution in [0.1, 0.15) is 64.7 Å². The van der Waals surface area contributed by atoms with Crippen molar-refractivity contribution in [3.05, 3.63) is 0 Å². The van der Waals surface area contributed by atoms with Gasteiger partial charge in [-0.15, -0.1) is 0 Å². The standard InChI is InChI=1S/C18H34N4O/c1-2-19-18(21-15-17(23)22-13-6-7-14-22)20-12-8-11-16-9-4-3-5-10-16/h16H,2-15H2,1H3,(H2,19,20,21). The van der Waals surface area contributed by atoms with Gasteiger partial charge in [0.1, 0.15) is 6.54 Å². The smallest absolute Gasteiger partial charge is 0.244 e. The van der Waals surface area contributed by atoms with Crippen molar-refractivity contribution < 1.29 is 4.79 Å². The SMILES string of the molecule is CCNC(=NCC(=O)N1CCCC1)NCCCC1CCCCC1. The quantitative estimate of drug-likeness (QED) is 0.430. The highest BCUT2D eigenvalue weighted by molar-refractivity contribution is 5.85. The van der Waals surface area contributed by atoms with E-state index >= 15 is 0 Å². The Morgan fingerprint density at radius 3 is 2.52 bits per heavy atom. The van der Waals surface area contributed by atoms with Gasteiger partial charge in [0, 0.05) is 26.2 Å². The Labute approximate surface area is 141 Å². The largest absolute Gasteiger partial charge is 0.357 e. The number of hydrogen-bond donors (Lipinski definition) is 2. The molecule has 1 heterocycles. The molecular weight excluding hydrogens is 288 g/mol. The summed E-state index contributed by atoms with van der Waals surface area (Å²) in [6, 6.07) is 0. The summed E-state index contributed by atoms with van der Waals surface area (Å²) < 4.78 is 0. The maximum Gasteiger partial charge on any atom is 0.244 e. The van der Waals surface area contributed by atoms with E-state index in [4.69, 9.17) is 0 Å². The van der Waals surface area contributed by atoms with Crippen LogP contribution in [-0.2, 0) is 4.79 Å². The van der Waals surface area contributed by atoms with E-state index in [1.54, 1.807) is 0 Å². The second-order valence-corrected chi connectivity index (χ2v) is 6.86. The van der Waals surface area contributed by atoms with Gasteiger partial charge in [0.15, 0.2) is 5.96 Å². The Morgan fingerprint density at radius 2 is 1.83 bits per heavy atom. The minimum Gasteiger partial charge on any atom is -0.357 e. The summed E-state index contributed by atoms with van der Waals surface area (Å²) in [4.78, 5) is 18.4. The first-order valence-electron chi connectivity index (χ1n) is 9.59. The first kappa shape index (κ1) is 18.1. The van der Waals surface area contributed by atoms with Crippen molar-refractivity contribution in [3.63, 3.8) is 0 Å². The molecule has 2 rings (SSSR count). The first-order valence-corrected chi connectivity index (χ1v) is 9.59. The summed E-state index contributed by atoms with van der Waals surface area (Å²) in [5.74, 6) is 1.87. The summed E-state index contributed by atoms with van der Waals surface area (Å²) in [5.41, 5.74) is 0. The fraction of sp³-hybridized carbons (Fsp3) is 0.889. The number of amides is 1. The van der Waals surface area contributed by atoms with Gasteiger partial charge in [0.2, 0.25) is 5.91 Å². The topological polar surface area (TPSA) is 56.7 Å². The van der Waals surface area contributed by atoms with Crippen molar-refractivity contribution in [3.8, 4) is 0 Å². The number of hydrogen-bond acceptors (Lipinski definition) is 2. The monoisotopic (exact) mass is 322 g/mol. The van der Waals surface area contributed by atoms with E-state index in [2.05, 4.69) is 22.5 Å². The average Bonchev–Trinajstić information content (AvgIpc) is 3.11. The highest BCUT2D eigenvalue weighted by Gasteiger charge is 2.17. The van der Waals surface area contributed by atoms with Gasteiger partial charge in [-0.25, -0.2) is 4.99 Å². The lowest BCUT2D eigenvalue weighted by molar-refractivity contribution is -0.128. The number of nitrogens with zero attached hydrogens (tertiary/aromatic N) is 2. The van der Waals surface area contributed by atoms with Crippen LogP contribution in [0, 0.1) is 5.92 Å². The van der Waals surface area contributed by atoms with Crippen molar-refractivity contribution >= 4 is 11.9 Å². The molecule has 132 valence electrons. The second-order valence-electron chi connectivity index (χ2n) is 6.86. The van der Waals surface area contributed by atoms with Crippen LogP contribution in [0.4, 0.5) is 0 Å². The molecule has 1 saturated heterocycles. The van der Waals surface area contributed by atoms with Crippen LogP contribution in [-0.4, -0.2) is 49.5 Å². The lowest BCUT2D eigenvalue weighted by Gasteiger charge is -2.21. The molecular formula is C18H34N4O. The Bertz CT molecular complexity index is 371. The zero-order valence-electron chi connectivity index (χ0n) is 14.8. The number of nitrogens with one attached hydrogen (secondary N) is 2. The maximum atomic E-state index is 12.1. The highest BCUT2D eigenvalue weighted by Crippen LogP contribution is 2.26. The fourth-order valence-electron chi connectivity index (χ4n) is 3.63. The minimum absolute atomic E-state index is 0.155. The van der Waals surface area contributed by atoms with E-state index in [-0.39, 0.29) is 12.5 Å². The normalized spacial score (nSPS) is 19.9. The van der Waals surface area contributed by atoms with Gasteiger partial charge in [0.25, 0.3) is 0 Å². The summed E-state index contributed by atoms with van der Waals surface area (Å²) in [7, 11) is 0. The lowest BCUT2D eigenvalue weighted by Crippen LogP contribution is -2.39. The van der Waals surface area contributed by atoms with Gasteiger partial charge in [-0.3, -0.25) is 4.79 Å². The van der Waals surface area contributed by atoms with Crippen LogP contribution in [0.15, 0.2) is 4.99 Å². The molecule has 1 amide bonds. The van der Waals surface area contributed by atoms with Crippen LogP contribution in [0.5, 0.6) is 0 Å². The van der Waals surface area contributed by atoms with Gasteiger partial charge >= 0.3 is 0 Å². The first-order chi connectivity index (χ1) is 11.3.